The molecule has 4 heteroatoms. The van der Waals surface area contributed by atoms with Gasteiger partial charge in [0.25, 0.3) is 0 Å². The van der Waals surface area contributed by atoms with Crippen molar-refractivity contribution < 1.29 is 13.2 Å². The van der Waals surface area contributed by atoms with Crippen molar-refractivity contribution in [2.24, 2.45) is 0 Å². The zero-order chi connectivity index (χ0) is 5.91. The molecule has 0 radical (unpaired) electrons. The summed E-state index contributed by atoms with van der Waals surface area (Å²) in [7, 11) is 0. The average Bonchev–Trinajstić information content (AvgIpc) is 1.30. The van der Waals surface area contributed by atoms with Crippen LogP contribution in [-0.4, -0.2) is 0 Å². The van der Waals surface area contributed by atoms with Gasteiger partial charge in [0, 0.05) is 0 Å². The van der Waals surface area contributed by atoms with Gasteiger partial charge in [0.2, 0.25) is 0 Å². The zero-order valence-corrected chi connectivity index (χ0v) is 10.8. The van der Waals surface area contributed by atoms with Crippen molar-refractivity contribution in [1.29, 1.82) is 0 Å². The third kappa shape index (κ3) is 8.06. The van der Waals surface area contributed by atoms with Crippen LogP contribution in [0.3, 0.4) is 0 Å². The van der Waals surface area contributed by atoms with E-state index in [2.05, 4.69) is 43.2 Å². The van der Waals surface area contributed by atoms with E-state index in [1.54, 1.807) is 0 Å². The van der Waals surface area contributed by atoms with Crippen LogP contribution in [-0.2, 0) is 13.2 Å². The van der Waals surface area contributed by atoms with Gasteiger partial charge in [0.1, 0.15) is 0 Å². The summed E-state index contributed by atoms with van der Waals surface area (Å²) < 4.78 is 1.06. The molecule has 0 aromatic rings. The van der Waals surface area contributed by atoms with Gasteiger partial charge in [-0.1, -0.05) is 0 Å². The predicted molar refractivity (Wildman–Crippen MR) is 41.8 cm³/mol. The molecule has 0 unspecified atom stereocenters. The Morgan fingerprint density at radius 3 is 1.86 bits per heavy atom. The molecule has 0 spiro atoms. The topological polar surface area (TPSA) is 0 Å². The molecule has 0 fully saturated rings. The van der Waals surface area contributed by atoms with E-state index in [4.69, 9.17) is 0 Å². The normalized spacial score (nSPS) is 11.3. The van der Waals surface area contributed by atoms with E-state index >= 15 is 0 Å². The van der Waals surface area contributed by atoms with Crippen LogP contribution in [0.5, 0.6) is 0 Å². The van der Waals surface area contributed by atoms with Gasteiger partial charge in [-0.05, 0) is 0 Å². The maximum absolute atomic E-state index is 3.61. The first kappa shape index (κ1) is 9.06. The Balaban J connectivity index is 3.34. The summed E-state index contributed by atoms with van der Waals surface area (Å²) in [4.78, 5) is 0. The van der Waals surface area contributed by atoms with Gasteiger partial charge in [-0.15, -0.1) is 0 Å². The molecule has 0 aromatic carbocycles. The molecule has 0 bridgehead atoms. The van der Waals surface area contributed by atoms with Gasteiger partial charge < -0.3 is 0 Å². The molecule has 0 amide bonds. The third-order valence-electron chi connectivity index (χ3n) is 0.376. The molecule has 0 saturated carbocycles. The molecule has 0 heterocycles. The van der Waals surface area contributed by atoms with Crippen molar-refractivity contribution in [3.8, 4) is 0 Å². The van der Waals surface area contributed by atoms with E-state index in [-0.39, 0.29) is 0 Å². The van der Waals surface area contributed by atoms with Crippen LogP contribution in [0, 0.1) is 0 Å². The van der Waals surface area contributed by atoms with Crippen molar-refractivity contribution in [1.82, 2.24) is 0 Å². The van der Waals surface area contributed by atoms with Crippen LogP contribution in [0.2, 0.25) is 4.13 Å². The molecule has 7 heavy (non-hydrogen) atoms. The quantitative estimate of drug-likeness (QED) is 0.649. The van der Waals surface area contributed by atoms with Crippen LogP contribution >= 0.6 is 36.7 Å². The summed E-state index contributed by atoms with van der Waals surface area (Å²) in [5, 5.41) is 0. The van der Waals surface area contributed by atoms with E-state index in [1.165, 1.54) is 0 Å². The monoisotopic (exact) mass is 368 g/mol. The van der Waals surface area contributed by atoms with E-state index < -0.39 is 13.2 Å². The first-order valence-electron chi connectivity index (χ1n) is 1.74. The van der Waals surface area contributed by atoms with Crippen molar-refractivity contribution in [2.75, 3.05) is 0 Å². The average molecular weight is 372 g/mol. The summed E-state index contributed by atoms with van der Waals surface area (Å²) in [6, 6.07) is 0. The molecular weight excluding hydrogens is 367 g/mol. The second-order valence-electron chi connectivity index (χ2n) is 1.11. The van der Waals surface area contributed by atoms with Gasteiger partial charge in [-0.2, -0.15) is 0 Å². The number of allylic oxidation sites excluding steroid dienone is 1. The van der Waals surface area contributed by atoms with Crippen molar-refractivity contribution in [2.45, 2.75) is 4.13 Å². The van der Waals surface area contributed by atoms with Crippen LogP contribution in [0.25, 0.3) is 0 Å². The van der Waals surface area contributed by atoms with Crippen molar-refractivity contribution >= 4 is 36.7 Å². The van der Waals surface area contributed by atoms with Gasteiger partial charge >= 0.3 is 66.7 Å². The van der Waals surface area contributed by atoms with E-state index in [0.29, 0.717) is 0 Å². The van der Waals surface area contributed by atoms with Crippen LogP contribution in [0.15, 0.2) is 12.7 Å². The molecule has 0 N–H and O–H groups in total. The Labute approximate surface area is 65.5 Å². The van der Waals surface area contributed by atoms with Crippen molar-refractivity contribution in [3.05, 3.63) is 12.7 Å². The van der Waals surface area contributed by atoms with Gasteiger partial charge in [0.15, 0.2) is 0 Å². The summed E-state index contributed by atoms with van der Waals surface area (Å²) in [6.45, 7) is 3.61. The number of halogens is 3. The fourth-order valence-corrected chi connectivity index (χ4v) is 5.03. The van der Waals surface area contributed by atoms with Crippen LogP contribution < -0.4 is 0 Å². The van der Waals surface area contributed by atoms with Gasteiger partial charge in [0.05, 0.1) is 0 Å². The number of rotatable bonds is 2. The summed E-state index contributed by atoms with van der Waals surface area (Å²) in [6.07, 6.45) is 1.91. The molecule has 42 valence electrons. The van der Waals surface area contributed by atoms with Crippen LogP contribution in [0.1, 0.15) is 0 Å². The standard InChI is InChI=1S/C3H5.3BrH.Zr/c1-3-2;;;;/h3H,1-2H2;3*1H;/q;;;;+3/p-3. The zero-order valence-electron chi connectivity index (χ0n) is 3.63. The third-order valence-corrected chi connectivity index (χ3v) is 7.97. The maximum atomic E-state index is 3.61. The fourth-order valence-electron chi connectivity index (χ4n) is 0.164. The molecule has 0 aliphatic carbocycles. The Kier molecular flexibility index (Phi) is 5.14. The summed E-state index contributed by atoms with van der Waals surface area (Å²) in [5.41, 5.74) is 0. The molecule has 0 aliphatic rings. The van der Waals surface area contributed by atoms with Gasteiger partial charge in [-0.25, -0.2) is 0 Å². The molecule has 0 aromatic heterocycles. The van der Waals surface area contributed by atoms with Gasteiger partial charge in [-0.3, -0.25) is 0 Å². The Morgan fingerprint density at radius 2 is 1.86 bits per heavy atom. The minimum atomic E-state index is -1.96. The van der Waals surface area contributed by atoms with E-state index in [9.17, 15) is 0 Å². The first-order chi connectivity index (χ1) is 3.06. The minimum absolute atomic E-state index is 1.06. The first-order valence-corrected chi connectivity index (χ1v) is 20.3. The molecular formula is C3H5Br3Zr. The Morgan fingerprint density at radius 1 is 1.43 bits per heavy atom. The number of hydrogen-bond donors (Lipinski definition) is 0. The second-order valence-corrected chi connectivity index (χ2v) is 48.0. The van der Waals surface area contributed by atoms with Crippen LogP contribution in [0.4, 0.5) is 0 Å². The Hall–Kier alpha value is 2.06. The SMILES string of the molecule is C=C[CH2][Zr]([Br])([Br])[Br]. The summed E-state index contributed by atoms with van der Waals surface area (Å²) in [5.74, 6) is 0. The molecule has 0 rings (SSSR count). The van der Waals surface area contributed by atoms with Crippen molar-refractivity contribution in [3.63, 3.8) is 0 Å². The molecule has 0 aliphatic heterocycles. The molecule has 0 atom stereocenters. The number of hydrogen-bond acceptors (Lipinski definition) is 0. The predicted octanol–water partition coefficient (Wildman–Crippen LogP) is 3.67. The second kappa shape index (κ2) is 3.97. The molecule has 0 nitrogen and oxygen atoms in total. The fraction of sp³-hybridized carbons (Fsp3) is 0.333. The van der Waals surface area contributed by atoms with E-state index in [0.717, 1.165) is 4.13 Å². The summed E-state index contributed by atoms with van der Waals surface area (Å²) >= 11 is 8.58. The molecule has 0 saturated heterocycles. The Bertz CT molecular complexity index is 65.1. The van der Waals surface area contributed by atoms with E-state index in [1.807, 2.05) is 6.08 Å².